The molecule has 2 rings (SSSR count). The summed E-state index contributed by atoms with van der Waals surface area (Å²) in [6.45, 7) is 2.73. The van der Waals surface area contributed by atoms with Gasteiger partial charge in [-0.2, -0.15) is 0 Å². The number of benzene rings is 2. The molecular weight excluding hydrogens is 366 g/mol. The molecule has 0 fully saturated rings. The van der Waals surface area contributed by atoms with Crippen LogP contribution in [0.1, 0.15) is 18.1 Å². The van der Waals surface area contributed by atoms with Crippen LogP contribution in [0.2, 0.25) is 0 Å². The first-order valence-electron chi connectivity index (χ1n) is 8.64. The van der Waals surface area contributed by atoms with Crippen LogP contribution < -0.4 is 21.1 Å². The molecule has 0 aliphatic carbocycles. The van der Waals surface area contributed by atoms with Crippen molar-refractivity contribution in [2.75, 3.05) is 13.2 Å². The largest absolute Gasteiger partial charge is 0.484 e. The highest BCUT2D eigenvalue weighted by Gasteiger charge is 2.13. The average molecular weight is 392 g/mol. The molecule has 0 saturated carbocycles. The maximum Gasteiger partial charge on any atom is 0.257 e. The summed E-state index contributed by atoms with van der Waals surface area (Å²) < 4.78 is 5.44. The van der Waals surface area contributed by atoms with Crippen molar-refractivity contribution >= 4 is 24.2 Å². The molecule has 0 bridgehead atoms. The van der Waals surface area contributed by atoms with Crippen molar-refractivity contribution in [3.63, 3.8) is 0 Å². The Morgan fingerprint density at radius 3 is 2.44 bits per heavy atom. The van der Waals surface area contributed by atoms with Crippen LogP contribution in [0.5, 0.6) is 5.75 Å². The molecule has 6 nitrogen and oxygen atoms in total. The molecule has 2 aromatic carbocycles. The van der Waals surface area contributed by atoms with E-state index >= 15 is 0 Å². The summed E-state index contributed by atoms with van der Waals surface area (Å²) in [7, 11) is 0. The van der Waals surface area contributed by atoms with E-state index in [4.69, 9.17) is 10.5 Å². The summed E-state index contributed by atoms with van der Waals surface area (Å²) in [5, 5.41) is 5.50. The van der Waals surface area contributed by atoms with E-state index in [1.165, 1.54) is 0 Å². The first-order valence-corrected chi connectivity index (χ1v) is 8.64. The van der Waals surface area contributed by atoms with Crippen molar-refractivity contribution in [3.8, 4) is 5.75 Å². The summed E-state index contributed by atoms with van der Waals surface area (Å²) in [6, 6.07) is 16.3. The highest BCUT2D eigenvalue weighted by molar-refractivity contribution is 5.85. The highest BCUT2D eigenvalue weighted by atomic mass is 35.5. The van der Waals surface area contributed by atoms with Gasteiger partial charge in [0.25, 0.3) is 5.91 Å². The Hall–Kier alpha value is -2.57. The van der Waals surface area contributed by atoms with Crippen LogP contribution in [0, 0.1) is 0 Å². The molecule has 0 heterocycles. The summed E-state index contributed by atoms with van der Waals surface area (Å²) in [5.74, 6) is 0.206. The van der Waals surface area contributed by atoms with E-state index in [1.54, 1.807) is 12.1 Å². The Morgan fingerprint density at radius 2 is 1.74 bits per heavy atom. The maximum absolute atomic E-state index is 12.2. The summed E-state index contributed by atoms with van der Waals surface area (Å²) >= 11 is 0. The van der Waals surface area contributed by atoms with Gasteiger partial charge in [-0.25, -0.2) is 0 Å². The first kappa shape index (κ1) is 22.5. The number of rotatable bonds is 9. The molecule has 4 N–H and O–H groups in total. The van der Waals surface area contributed by atoms with Gasteiger partial charge in [-0.1, -0.05) is 42.5 Å². The molecule has 0 saturated heterocycles. The average Bonchev–Trinajstić information content (AvgIpc) is 2.66. The molecule has 2 aromatic rings. The maximum atomic E-state index is 12.2. The first-order chi connectivity index (χ1) is 12.6. The molecule has 0 aromatic heterocycles. The number of amides is 2. The van der Waals surface area contributed by atoms with Gasteiger partial charge < -0.3 is 21.1 Å². The third kappa shape index (κ3) is 8.11. The van der Waals surface area contributed by atoms with Crippen molar-refractivity contribution in [2.45, 2.75) is 25.9 Å². The summed E-state index contributed by atoms with van der Waals surface area (Å²) in [6.07, 6.45) is 0.488. The molecule has 7 heteroatoms. The Balaban J connectivity index is 0.00000364. The van der Waals surface area contributed by atoms with Gasteiger partial charge in [-0.05, 0) is 36.6 Å². The van der Waals surface area contributed by atoms with Gasteiger partial charge in [-0.3, -0.25) is 9.59 Å². The summed E-state index contributed by atoms with van der Waals surface area (Å²) in [4.78, 5) is 23.6. The fourth-order valence-electron chi connectivity index (χ4n) is 2.42. The van der Waals surface area contributed by atoms with Gasteiger partial charge in [0.15, 0.2) is 6.61 Å². The lowest BCUT2D eigenvalue weighted by molar-refractivity contribution is -0.123. The number of likely N-dealkylation sites (N-methyl/N-ethyl adjacent to an activating group) is 1. The monoisotopic (exact) mass is 391 g/mol. The molecule has 0 unspecified atom stereocenters. The predicted molar refractivity (Wildman–Crippen MR) is 108 cm³/mol. The Kier molecular flexibility index (Phi) is 9.93. The van der Waals surface area contributed by atoms with E-state index in [1.807, 2.05) is 49.4 Å². The lowest BCUT2D eigenvalue weighted by Crippen LogP contribution is -2.41. The van der Waals surface area contributed by atoms with Crippen LogP contribution in [0.25, 0.3) is 0 Å². The zero-order chi connectivity index (χ0) is 18.8. The van der Waals surface area contributed by atoms with Crippen LogP contribution in [0.3, 0.4) is 0 Å². The number of carbonyl (C=O) groups is 2. The lowest BCUT2D eigenvalue weighted by atomic mass is 10.1. The zero-order valence-corrected chi connectivity index (χ0v) is 16.1. The summed E-state index contributed by atoms with van der Waals surface area (Å²) in [5.41, 5.74) is 7.87. The van der Waals surface area contributed by atoms with E-state index in [2.05, 4.69) is 10.6 Å². The van der Waals surface area contributed by atoms with Crippen molar-refractivity contribution < 1.29 is 14.3 Å². The van der Waals surface area contributed by atoms with Crippen LogP contribution in [0.4, 0.5) is 0 Å². The number of ether oxygens (including phenoxy) is 1. The van der Waals surface area contributed by atoms with Gasteiger partial charge >= 0.3 is 0 Å². The second kappa shape index (κ2) is 11.9. The Bertz CT molecular complexity index is 725. The minimum atomic E-state index is -0.602. The quantitative estimate of drug-likeness (QED) is 0.607. The minimum absolute atomic E-state index is 0. The second-order valence-corrected chi connectivity index (χ2v) is 5.90. The molecule has 27 heavy (non-hydrogen) atoms. The van der Waals surface area contributed by atoms with E-state index in [9.17, 15) is 9.59 Å². The smallest absolute Gasteiger partial charge is 0.257 e. The van der Waals surface area contributed by atoms with Crippen LogP contribution >= 0.6 is 12.4 Å². The standard InChI is InChI=1S/C20H25N3O3.ClH/c1-2-22-19(24)14-26-17-10-6-9-16(11-17)13-23-20(25)18(21)12-15-7-4-3-5-8-15;/h3-11,18H,2,12-14,21H2,1H3,(H,22,24)(H,23,25);1H/t18-;/m0./s1. The highest BCUT2D eigenvalue weighted by Crippen LogP contribution is 2.13. The molecule has 1 atom stereocenters. The van der Waals surface area contributed by atoms with Crippen LogP contribution in [0.15, 0.2) is 54.6 Å². The van der Waals surface area contributed by atoms with Crippen molar-refractivity contribution in [3.05, 3.63) is 65.7 Å². The topological polar surface area (TPSA) is 93.5 Å². The van der Waals surface area contributed by atoms with E-state index in [0.29, 0.717) is 25.3 Å². The van der Waals surface area contributed by atoms with Crippen molar-refractivity contribution in [1.82, 2.24) is 10.6 Å². The zero-order valence-electron chi connectivity index (χ0n) is 15.3. The van der Waals surface area contributed by atoms with Crippen molar-refractivity contribution in [2.24, 2.45) is 5.73 Å². The van der Waals surface area contributed by atoms with Gasteiger partial charge in [0.2, 0.25) is 5.91 Å². The van der Waals surface area contributed by atoms with Gasteiger partial charge in [0.1, 0.15) is 5.75 Å². The van der Waals surface area contributed by atoms with Crippen LogP contribution in [-0.2, 0) is 22.6 Å². The Labute approximate surface area is 165 Å². The van der Waals surface area contributed by atoms with E-state index in [-0.39, 0.29) is 30.8 Å². The molecule has 146 valence electrons. The van der Waals surface area contributed by atoms with E-state index in [0.717, 1.165) is 11.1 Å². The van der Waals surface area contributed by atoms with Crippen molar-refractivity contribution in [1.29, 1.82) is 0 Å². The van der Waals surface area contributed by atoms with Crippen LogP contribution in [-0.4, -0.2) is 31.0 Å². The lowest BCUT2D eigenvalue weighted by Gasteiger charge is -2.13. The molecule has 0 aliphatic heterocycles. The number of hydrogen-bond donors (Lipinski definition) is 3. The number of hydrogen-bond acceptors (Lipinski definition) is 4. The fourth-order valence-corrected chi connectivity index (χ4v) is 2.42. The fraction of sp³-hybridized carbons (Fsp3) is 0.300. The molecule has 0 radical (unpaired) electrons. The molecule has 0 aliphatic rings. The minimum Gasteiger partial charge on any atom is -0.484 e. The number of nitrogens with two attached hydrogens (primary N) is 1. The third-order valence-corrected chi connectivity index (χ3v) is 3.74. The number of nitrogens with one attached hydrogen (secondary N) is 2. The number of halogens is 1. The molecular formula is C20H26ClN3O3. The van der Waals surface area contributed by atoms with Gasteiger partial charge in [-0.15, -0.1) is 12.4 Å². The SMILES string of the molecule is CCNC(=O)COc1cccc(CNC(=O)[C@@H](N)Cc2ccccc2)c1.Cl. The predicted octanol–water partition coefficient (Wildman–Crippen LogP) is 1.81. The second-order valence-electron chi connectivity index (χ2n) is 5.90. The molecule has 2 amide bonds. The van der Waals surface area contributed by atoms with E-state index < -0.39 is 6.04 Å². The van der Waals surface area contributed by atoms with Gasteiger partial charge in [0.05, 0.1) is 6.04 Å². The Morgan fingerprint density at radius 1 is 1.04 bits per heavy atom. The normalized spacial score (nSPS) is 11.0. The number of carbonyl (C=O) groups excluding carboxylic acids is 2. The van der Waals surface area contributed by atoms with Gasteiger partial charge in [0, 0.05) is 13.1 Å². The molecule has 0 spiro atoms. The third-order valence-electron chi connectivity index (χ3n) is 3.74.